The summed E-state index contributed by atoms with van der Waals surface area (Å²) in [7, 11) is -3.10. The molecule has 96 valence electrons. The topological polar surface area (TPSA) is 37.4 Å². The van der Waals surface area contributed by atoms with E-state index >= 15 is 0 Å². The van der Waals surface area contributed by atoms with Crippen molar-refractivity contribution in [1.82, 2.24) is 4.31 Å². The average molecular weight is 273 g/mol. The van der Waals surface area contributed by atoms with Gasteiger partial charge in [0.25, 0.3) is 0 Å². The predicted molar refractivity (Wildman–Crippen MR) is 71.8 cm³/mol. The molecule has 0 saturated carbocycles. The molecular formula is C12H19NO2S2. The van der Waals surface area contributed by atoms with E-state index in [1.54, 1.807) is 15.6 Å². The van der Waals surface area contributed by atoms with Gasteiger partial charge in [-0.2, -0.15) is 4.31 Å². The third-order valence-electron chi connectivity index (χ3n) is 3.22. The van der Waals surface area contributed by atoms with Gasteiger partial charge in [0, 0.05) is 16.3 Å². The predicted octanol–water partition coefficient (Wildman–Crippen LogP) is 2.93. The first-order valence-corrected chi connectivity index (χ1v) is 8.68. The minimum absolute atomic E-state index is 0.0613. The maximum absolute atomic E-state index is 11.9. The molecule has 1 aromatic rings. The van der Waals surface area contributed by atoms with Crippen molar-refractivity contribution in [2.24, 2.45) is 0 Å². The Bertz CT molecular complexity index is 478. The summed E-state index contributed by atoms with van der Waals surface area (Å²) in [5, 5.41) is 0. The van der Waals surface area contributed by atoms with E-state index in [0.717, 1.165) is 25.7 Å². The lowest BCUT2D eigenvalue weighted by Gasteiger charge is -2.26. The second kappa shape index (κ2) is 5.08. The van der Waals surface area contributed by atoms with E-state index in [-0.39, 0.29) is 6.04 Å². The van der Waals surface area contributed by atoms with Gasteiger partial charge in [-0.15, -0.1) is 11.3 Å². The van der Waals surface area contributed by atoms with Gasteiger partial charge in [-0.25, -0.2) is 8.42 Å². The van der Waals surface area contributed by atoms with Crippen molar-refractivity contribution in [3.63, 3.8) is 0 Å². The molecule has 2 heterocycles. The summed E-state index contributed by atoms with van der Waals surface area (Å²) in [5.41, 5.74) is 0. The Morgan fingerprint density at radius 3 is 2.65 bits per heavy atom. The molecule has 1 aromatic heterocycles. The molecule has 3 nitrogen and oxygen atoms in total. The van der Waals surface area contributed by atoms with Gasteiger partial charge in [0.2, 0.25) is 10.0 Å². The van der Waals surface area contributed by atoms with Crippen LogP contribution in [0.4, 0.5) is 0 Å². The fourth-order valence-electron chi connectivity index (χ4n) is 2.40. The molecule has 2 rings (SSSR count). The molecule has 0 N–H and O–H groups in total. The minimum atomic E-state index is -3.10. The molecule has 1 fully saturated rings. The first-order chi connectivity index (χ1) is 7.98. The van der Waals surface area contributed by atoms with Gasteiger partial charge in [0.05, 0.1) is 12.3 Å². The van der Waals surface area contributed by atoms with E-state index in [1.807, 2.05) is 0 Å². The summed E-state index contributed by atoms with van der Waals surface area (Å²) in [6.45, 7) is 2.73. The highest BCUT2D eigenvalue weighted by Gasteiger charge is 2.29. The second-order valence-electron chi connectivity index (χ2n) is 4.69. The van der Waals surface area contributed by atoms with Gasteiger partial charge in [0.1, 0.15) is 0 Å². The van der Waals surface area contributed by atoms with Crippen LogP contribution in [0.5, 0.6) is 0 Å². The molecule has 0 radical (unpaired) electrons. The van der Waals surface area contributed by atoms with Crippen LogP contribution in [0.2, 0.25) is 0 Å². The molecule has 0 aliphatic carbocycles. The zero-order valence-electron chi connectivity index (χ0n) is 10.3. The number of hydrogen-bond acceptors (Lipinski definition) is 3. The van der Waals surface area contributed by atoms with E-state index in [1.165, 1.54) is 16.0 Å². The molecule has 0 amide bonds. The van der Waals surface area contributed by atoms with Crippen LogP contribution in [0.1, 0.15) is 41.5 Å². The number of sulfonamides is 1. The van der Waals surface area contributed by atoms with Crippen molar-refractivity contribution in [2.45, 2.75) is 38.6 Å². The van der Waals surface area contributed by atoms with E-state index in [2.05, 4.69) is 19.1 Å². The quantitative estimate of drug-likeness (QED) is 0.831. The molecular weight excluding hydrogens is 254 g/mol. The summed E-state index contributed by atoms with van der Waals surface area (Å²) in [6.07, 6.45) is 5.51. The van der Waals surface area contributed by atoms with Gasteiger partial charge in [-0.05, 0) is 31.9 Å². The molecule has 1 atom stereocenters. The van der Waals surface area contributed by atoms with Crippen molar-refractivity contribution in [2.75, 3.05) is 12.8 Å². The lowest BCUT2D eigenvalue weighted by atomic mass is 10.1. The van der Waals surface area contributed by atoms with E-state index in [9.17, 15) is 8.42 Å². The van der Waals surface area contributed by atoms with Crippen LogP contribution in [-0.4, -0.2) is 25.5 Å². The smallest absolute Gasteiger partial charge is 0.211 e. The van der Waals surface area contributed by atoms with Gasteiger partial charge in [0.15, 0.2) is 0 Å². The summed E-state index contributed by atoms with van der Waals surface area (Å²) in [5.74, 6) is 0. The van der Waals surface area contributed by atoms with Gasteiger partial charge in [-0.1, -0.05) is 12.8 Å². The van der Waals surface area contributed by atoms with Crippen molar-refractivity contribution >= 4 is 21.4 Å². The lowest BCUT2D eigenvalue weighted by molar-refractivity contribution is 0.335. The minimum Gasteiger partial charge on any atom is -0.212 e. The monoisotopic (exact) mass is 273 g/mol. The van der Waals surface area contributed by atoms with E-state index in [0.29, 0.717) is 6.54 Å². The largest absolute Gasteiger partial charge is 0.212 e. The number of rotatable bonds is 2. The highest BCUT2D eigenvalue weighted by Crippen LogP contribution is 2.35. The van der Waals surface area contributed by atoms with Gasteiger partial charge >= 0.3 is 0 Å². The van der Waals surface area contributed by atoms with Crippen LogP contribution >= 0.6 is 11.3 Å². The van der Waals surface area contributed by atoms with Crippen LogP contribution in [0.3, 0.4) is 0 Å². The summed E-state index contributed by atoms with van der Waals surface area (Å²) >= 11 is 1.72. The molecule has 0 unspecified atom stereocenters. The molecule has 5 heteroatoms. The standard InChI is InChI=1S/C12H19NO2S2/c1-10-7-8-12(16-10)11-6-4-3-5-9-13(11)17(2,14)15/h7-8,11H,3-6,9H2,1-2H3/t11-/m1/s1. The molecule has 1 saturated heterocycles. The highest BCUT2D eigenvalue weighted by molar-refractivity contribution is 7.88. The highest BCUT2D eigenvalue weighted by atomic mass is 32.2. The lowest BCUT2D eigenvalue weighted by Crippen LogP contribution is -2.33. The van der Waals surface area contributed by atoms with Crippen molar-refractivity contribution < 1.29 is 8.42 Å². The van der Waals surface area contributed by atoms with Crippen molar-refractivity contribution in [3.05, 3.63) is 21.9 Å². The third-order valence-corrected chi connectivity index (χ3v) is 5.61. The summed E-state index contributed by atoms with van der Waals surface area (Å²) < 4.78 is 25.4. The maximum atomic E-state index is 11.9. The summed E-state index contributed by atoms with van der Waals surface area (Å²) in [4.78, 5) is 2.44. The van der Waals surface area contributed by atoms with Crippen molar-refractivity contribution in [3.8, 4) is 0 Å². The Morgan fingerprint density at radius 2 is 2.06 bits per heavy atom. The fraction of sp³-hybridized carbons (Fsp3) is 0.667. The third kappa shape index (κ3) is 3.09. The van der Waals surface area contributed by atoms with Crippen LogP contribution < -0.4 is 0 Å². The Kier molecular flexibility index (Phi) is 3.90. The first kappa shape index (κ1) is 13.1. The van der Waals surface area contributed by atoms with Gasteiger partial charge < -0.3 is 0 Å². The zero-order valence-corrected chi connectivity index (χ0v) is 12.0. The number of nitrogens with zero attached hydrogens (tertiary/aromatic N) is 1. The molecule has 0 bridgehead atoms. The van der Waals surface area contributed by atoms with Crippen LogP contribution in [0.15, 0.2) is 12.1 Å². The molecule has 0 spiro atoms. The number of hydrogen-bond donors (Lipinski definition) is 0. The Hall–Kier alpha value is -0.390. The van der Waals surface area contributed by atoms with E-state index in [4.69, 9.17) is 0 Å². The molecule has 1 aliphatic rings. The SMILES string of the molecule is Cc1ccc([C@H]2CCCCCN2S(C)(=O)=O)s1. The van der Waals surface area contributed by atoms with Gasteiger partial charge in [-0.3, -0.25) is 0 Å². The zero-order chi connectivity index (χ0) is 12.5. The Labute approximate surface area is 108 Å². The first-order valence-electron chi connectivity index (χ1n) is 6.01. The number of thiophene rings is 1. The molecule has 1 aliphatic heterocycles. The fourth-order valence-corrected chi connectivity index (χ4v) is 4.63. The normalized spacial score (nSPS) is 23.5. The second-order valence-corrected chi connectivity index (χ2v) is 7.94. The maximum Gasteiger partial charge on any atom is 0.211 e. The average Bonchev–Trinajstić information content (AvgIpc) is 2.52. The van der Waals surface area contributed by atoms with Crippen LogP contribution in [0, 0.1) is 6.92 Å². The Balaban J connectivity index is 2.33. The van der Waals surface area contributed by atoms with E-state index < -0.39 is 10.0 Å². The van der Waals surface area contributed by atoms with Crippen LogP contribution in [0.25, 0.3) is 0 Å². The number of aryl methyl sites for hydroxylation is 1. The summed E-state index contributed by atoms with van der Waals surface area (Å²) in [6, 6.07) is 4.21. The molecule has 17 heavy (non-hydrogen) atoms. The van der Waals surface area contributed by atoms with Crippen LogP contribution in [-0.2, 0) is 10.0 Å². The van der Waals surface area contributed by atoms with Crippen molar-refractivity contribution in [1.29, 1.82) is 0 Å². The Morgan fingerprint density at radius 1 is 1.29 bits per heavy atom. The molecule has 0 aromatic carbocycles.